The van der Waals surface area contributed by atoms with Crippen LogP contribution in [0.15, 0.2) is 33.3 Å². The molecule has 0 spiro atoms. The fourth-order valence-corrected chi connectivity index (χ4v) is 2.41. The number of hydrogen-bond donors (Lipinski definition) is 1. The lowest BCUT2D eigenvalue weighted by molar-refractivity contribution is 0.386. The van der Waals surface area contributed by atoms with Crippen LogP contribution in [0.3, 0.4) is 0 Å². The number of nitrogens with zero attached hydrogens (tertiary/aromatic N) is 2. The van der Waals surface area contributed by atoms with Crippen LogP contribution in [0.1, 0.15) is 30.2 Å². The van der Waals surface area contributed by atoms with E-state index in [-0.39, 0.29) is 6.04 Å². The molecule has 0 aliphatic carbocycles. The molecule has 1 aromatic heterocycles. The Morgan fingerprint density at radius 2 is 2.17 bits per heavy atom. The minimum atomic E-state index is 0.286. The van der Waals surface area contributed by atoms with Gasteiger partial charge in [0.25, 0.3) is 0 Å². The number of rotatable bonds is 5. The monoisotopic (exact) mass is 309 g/mol. The summed E-state index contributed by atoms with van der Waals surface area (Å²) in [6, 6.07) is 8.51. The molecule has 0 radical (unpaired) electrons. The van der Waals surface area contributed by atoms with Crippen LogP contribution in [0.5, 0.6) is 0 Å². The summed E-state index contributed by atoms with van der Waals surface area (Å²) in [6.45, 7) is 4.76. The molecule has 1 heterocycles. The second kappa shape index (κ2) is 6.11. The van der Waals surface area contributed by atoms with E-state index in [1.54, 1.807) is 6.92 Å². The van der Waals surface area contributed by atoms with E-state index in [2.05, 4.69) is 50.4 Å². The maximum atomic E-state index is 4.93. The van der Waals surface area contributed by atoms with Crippen LogP contribution in [0.4, 0.5) is 0 Å². The second-order valence-corrected chi connectivity index (χ2v) is 5.03. The molecule has 1 atom stereocenters. The van der Waals surface area contributed by atoms with Gasteiger partial charge in [0, 0.05) is 30.4 Å². The molecule has 0 amide bonds. The smallest absolute Gasteiger partial charge is 0.223 e. The summed E-state index contributed by atoms with van der Waals surface area (Å²) < 4.78 is 6.05. The van der Waals surface area contributed by atoms with E-state index < -0.39 is 0 Å². The Kier molecular flexibility index (Phi) is 4.49. The lowest BCUT2D eigenvalue weighted by Gasteiger charge is -2.15. The fraction of sp³-hybridized carbons (Fsp3) is 0.385. The van der Waals surface area contributed by atoms with E-state index in [0.29, 0.717) is 5.89 Å². The Balaban J connectivity index is 1.85. The molecule has 96 valence electrons. The van der Waals surface area contributed by atoms with Crippen molar-refractivity contribution in [3.05, 3.63) is 46.0 Å². The molecule has 1 unspecified atom stereocenters. The van der Waals surface area contributed by atoms with Gasteiger partial charge in [-0.2, -0.15) is 4.98 Å². The molecule has 0 bridgehead atoms. The SMILES string of the molecule is Cc1nc(CCNC(C)c2ccccc2Br)no1. The fourth-order valence-electron chi connectivity index (χ4n) is 1.78. The van der Waals surface area contributed by atoms with Gasteiger partial charge in [-0.25, -0.2) is 0 Å². The molecule has 0 saturated carbocycles. The van der Waals surface area contributed by atoms with Crippen LogP contribution in [-0.2, 0) is 6.42 Å². The van der Waals surface area contributed by atoms with Gasteiger partial charge >= 0.3 is 0 Å². The van der Waals surface area contributed by atoms with Crippen LogP contribution in [0.25, 0.3) is 0 Å². The van der Waals surface area contributed by atoms with Gasteiger partial charge in [0.15, 0.2) is 5.82 Å². The molecule has 0 saturated heterocycles. The van der Waals surface area contributed by atoms with Gasteiger partial charge in [0.05, 0.1) is 0 Å². The second-order valence-electron chi connectivity index (χ2n) is 4.18. The van der Waals surface area contributed by atoms with E-state index >= 15 is 0 Å². The van der Waals surface area contributed by atoms with Crippen molar-refractivity contribution < 1.29 is 4.52 Å². The predicted octanol–water partition coefficient (Wildman–Crippen LogP) is 3.03. The van der Waals surface area contributed by atoms with E-state index in [9.17, 15) is 0 Å². The van der Waals surface area contributed by atoms with Crippen molar-refractivity contribution in [1.29, 1.82) is 0 Å². The zero-order valence-electron chi connectivity index (χ0n) is 10.5. The number of aryl methyl sites for hydroxylation is 1. The largest absolute Gasteiger partial charge is 0.340 e. The highest BCUT2D eigenvalue weighted by Crippen LogP contribution is 2.22. The summed E-state index contributed by atoms with van der Waals surface area (Å²) in [5.74, 6) is 1.36. The van der Waals surface area contributed by atoms with Crippen LogP contribution in [-0.4, -0.2) is 16.7 Å². The maximum Gasteiger partial charge on any atom is 0.223 e. The first-order valence-electron chi connectivity index (χ1n) is 5.94. The standard InChI is InChI=1S/C13H16BrN3O/c1-9(11-5-3-4-6-12(11)14)15-8-7-13-16-10(2)18-17-13/h3-6,9,15H,7-8H2,1-2H3. The van der Waals surface area contributed by atoms with Gasteiger partial charge in [-0.1, -0.05) is 39.3 Å². The van der Waals surface area contributed by atoms with Gasteiger partial charge in [-0.3, -0.25) is 0 Å². The molecule has 1 N–H and O–H groups in total. The number of hydrogen-bond acceptors (Lipinski definition) is 4. The van der Waals surface area contributed by atoms with Crippen molar-refractivity contribution >= 4 is 15.9 Å². The summed E-state index contributed by atoms with van der Waals surface area (Å²) >= 11 is 3.56. The van der Waals surface area contributed by atoms with E-state index in [4.69, 9.17) is 4.52 Å². The normalized spacial score (nSPS) is 12.6. The third-order valence-electron chi connectivity index (χ3n) is 2.74. The highest BCUT2D eigenvalue weighted by Gasteiger charge is 2.08. The van der Waals surface area contributed by atoms with E-state index in [1.165, 1.54) is 5.56 Å². The van der Waals surface area contributed by atoms with Gasteiger partial charge < -0.3 is 9.84 Å². The highest BCUT2D eigenvalue weighted by atomic mass is 79.9. The van der Waals surface area contributed by atoms with Crippen molar-refractivity contribution in [2.75, 3.05) is 6.54 Å². The van der Waals surface area contributed by atoms with Crippen molar-refractivity contribution in [3.63, 3.8) is 0 Å². The van der Waals surface area contributed by atoms with Gasteiger partial charge in [0.2, 0.25) is 5.89 Å². The zero-order valence-corrected chi connectivity index (χ0v) is 12.1. The number of benzene rings is 1. The number of aromatic nitrogens is 2. The Hall–Kier alpha value is -1.20. The highest BCUT2D eigenvalue weighted by molar-refractivity contribution is 9.10. The lowest BCUT2D eigenvalue weighted by atomic mass is 10.1. The van der Waals surface area contributed by atoms with Crippen molar-refractivity contribution in [1.82, 2.24) is 15.5 Å². The summed E-state index contributed by atoms with van der Waals surface area (Å²) in [5.41, 5.74) is 1.25. The van der Waals surface area contributed by atoms with Gasteiger partial charge in [-0.05, 0) is 18.6 Å². The molecule has 4 nitrogen and oxygen atoms in total. The van der Waals surface area contributed by atoms with Crippen LogP contribution in [0, 0.1) is 6.92 Å². The third kappa shape index (κ3) is 3.40. The quantitative estimate of drug-likeness (QED) is 0.922. The molecule has 0 aliphatic rings. The molecule has 0 aliphatic heterocycles. The Bertz CT molecular complexity index is 512. The van der Waals surface area contributed by atoms with E-state index in [0.717, 1.165) is 23.3 Å². The Labute approximate surface area is 115 Å². The third-order valence-corrected chi connectivity index (χ3v) is 3.46. The topological polar surface area (TPSA) is 51.0 Å². The average molecular weight is 310 g/mol. The molecule has 0 fully saturated rings. The maximum absolute atomic E-state index is 4.93. The molecule has 1 aromatic carbocycles. The summed E-state index contributed by atoms with van der Waals surface area (Å²) in [7, 11) is 0. The molecular weight excluding hydrogens is 294 g/mol. The van der Waals surface area contributed by atoms with Crippen molar-refractivity contribution in [3.8, 4) is 0 Å². The predicted molar refractivity (Wildman–Crippen MR) is 73.3 cm³/mol. The van der Waals surface area contributed by atoms with Gasteiger partial charge in [0.1, 0.15) is 0 Å². The van der Waals surface area contributed by atoms with Crippen LogP contribution in [0.2, 0.25) is 0 Å². The molecule has 5 heteroatoms. The summed E-state index contributed by atoms with van der Waals surface area (Å²) in [4.78, 5) is 4.17. The lowest BCUT2D eigenvalue weighted by Crippen LogP contribution is -2.22. The minimum absolute atomic E-state index is 0.286. The average Bonchev–Trinajstić information content (AvgIpc) is 2.75. The Morgan fingerprint density at radius 3 is 2.83 bits per heavy atom. The zero-order chi connectivity index (χ0) is 13.0. The summed E-state index contributed by atoms with van der Waals surface area (Å²) in [5, 5.41) is 7.31. The minimum Gasteiger partial charge on any atom is -0.340 e. The van der Waals surface area contributed by atoms with Crippen LogP contribution < -0.4 is 5.32 Å². The first kappa shape index (κ1) is 13.2. The first-order chi connectivity index (χ1) is 8.66. The molecule has 18 heavy (non-hydrogen) atoms. The molecule has 2 rings (SSSR count). The van der Waals surface area contributed by atoms with Crippen molar-refractivity contribution in [2.24, 2.45) is 0 Å². The number of halogens is 1. The first-order valence-corrected chi connectivity index (χ1v) is 6.73. The van der Waals surface area contributed by atoms with Gasteiger partial charge in [-0.15, -0.1) is 0 Å². The molecular formula is C13H16BrN3O. The Morgan fingerprint density at radius 1 is 1.39 bits per heavy atom. The number of nitrogens with one attached hydrogen (secondary N) is 1. The van der Waals surface area contributed by atoms with Crippen LogP contribution >= 0.6 is 15.9 Å². The van der Waals surface area contributed by atoms with E-state index in [1.807, 2.05) is 12.1 Å². The van der Waals surface area contributed by atoms with Crippen molar-refractivity contribution in [2.45, 2.75) is 26.3 Å². The summed E-state index contributed by atoms with van der Waals surface area (Å²) in [6.07, 6.45) is 0.770. The molecule has 2 aromatic rings.